The number of amides is 2. The van der Waals surface area contributed by atoms with Crippen molar-refractivity contribution in [1.82, 2.24) is 0 Å². The lowest BCUT2D eigenvalue weighted by atomic mass is 10.1. The minimum atomic E-state index is -0.612. The lowest BCUT2D eigenvalue weighted by Crippen LogP contribution is -2.22. The average molecular weight is 418 g/mol. The largest absolute Gasteiger partial charge is 0.455 e. The molecule has 0 atom stereocenters. The van der Waals surface area contributed by atoms with Gasteiger partial charge in [-0.15, -0.1) is 11.8 Å². The second-order valence-corrected chi connectivity index (χ2v) is 7.52. The summed E-state index contributed by atoms with van der Waals surface area (Å²) in [6.45, 7) is 5.01. The second-order valence-electron chi connectivity index (χ2n) is 6.53. The fourth-order valence-electron chi connectivity index (χ4n) is 2.42. The summed E-state index contributed by atoms with van der Waals surface area (Å²) in [6, 6.07) is 10.00. The van der Waals surface area contributed by atoms with Gasteiger partial charge in [-0.3, -0.25) is 14.4 Å². The van der Waals surface area contributed by atoms with E-state index in [0.717, 1.165) is 28.6 Å². The Morgan fingerprint density at radius 3 is 2.38 bits per heavy atom. The van der Waals surface area contributed by atoms with E-state index in [9.17, 15) is 18.8 Å². The van der Waals surface area contributed by atoms with E-state index in [1.54, 1.807) is 13.0 Å². The summed E-state index contributed by atoms with van der Waals surface area (Å²) in [5.74, 6) is -1.83. The van der Waals surface area contributed by atoms with Gasteiger partial charge in [-0.05, 0) is 50.1 Å². The van der Waals surface area contributed by atoms with Crippen LogP contribution in [-0.4, -0.2) is 35.9 Å². The summed E-state index contributed by atoms with van der Waals surface area (Å²) in [7, 11) is 0. The predicted molar refractivity (Wildman–Crippen MR) is 113 cm³/mol. The highest BCUT2D eigenvalue weighted by Crippen LogP contribution is 2.16. The van der Waals surface area contributed by atoms with E-state index >= 15 is 0 Å². The van der Waals surface area contributed by atoms with Crippen LogP contribution in [0.4, 0.5) is 15.8 Å². The van der Waals surface area contributed by atoms with Crippen molar-refractivity contribution in [3.05, 3.63) is 58.9 Å². The van der Waals surface area contributed by atoms with Crippen LogP contribution >= 0.6 is 11.8 Å². The monoisotopic (exact) mass is 418 g/mol. The van der Waals surface area contributed by atoms with Gasteiger partial charge >= 0.3 is 5.97 Å². The third kappa shape index (κ3) is 7.57. The minimum Gasteiger partial charge on any atom is -0.455 e. The van der Waals surface area contributed by atoms with Gasteiger partial charge in [0, 0.05) is 11.4 Å². The highest BCUT2D eigenvalue weighted by atomic mass is 32.2. The molecule has 0 aromatic heterocycles. The Kier molecular flexibility index (Phi) is 8.21. The summed E-state index contributed by atoms with van der Waals surface area (Å²) in [4.78, 5) is 35.5. The minimum absolute atomic E-state index is 0.0628. The van der Waals surface area contributed by atoms with E-state index in [1.165, 1.54) is 12.1 Å². The van der Waals surface area contributed by atoms with Crippen molar-refractivity contribution < 1.29 is 23.5 Å². The van der Waals surface area contributed by atoms with Crippen LogP contribution in [-0.2, 0) is 19.1 Å². The van der Waals surface area contributed by atoms with E-state index < -0.39 is 24.3 Å². The van der Waals surface area contributed by atoms with Crippen molar-refractivity contribution in [1.29, 1.82) is 0 Å². The number of rotatable bonds is 8. The van der Waals surface area contributed by atoms with Gasteiger partial charge in [0.15, 0.2) is 6.61 Å². The lowest BCUT2D eigenvalue weighted by molar-refractivity contribution is -0.144. The van der Waals surface area contributed by atoms with Gasteiger partial charge in [0.1, 0.15) is 5.82 Å². The molecule has 0 spiro atoms. The number of ether oxygens (including phenoxy) is 1. The molecule has 0 saturated carbocycles. The molecule has 0 unspecified atom stereocenters. The molecule has 0 heterocycles. The predicted octanol–water partition coefficient (Wildman–Crippen LogP) is 3.60. The van der Waals surface area contributed by atoms with Crippen molar-refractivity contribution in [2.75, 3.05) is 28.7 Å². The van der Waals surface area contributed by atoms with Crippen LogP contribution in [0.3, 0.4) is 0 Å². The van der Waals surface area contributed by atoms with Gasteiger partial charge in [0.2, 0.25) is 5.91 Å². The fourth-order valence-corrected chi connectivity index (χ4v) is 3.03. The van der Waals surface area contributed by atoms with Gasteiger partial charge < -0.3 is 15.4 Å². The molecule has 0 bridgehead atoms. The van der Waals surface area contributed by atoms with Gasteiger partial charge in [0.05, 0.1) is 11.5 Å². The Labute approximate surface area is 173 Å². The average Bonchev–Trinajstić information content (AvgIpc) is 2.65. The van der Waals surface area contributed by atoms with Crippen LogP contribution in [0.15, 0.2) is 36.4 Å². The van der Waals surface area contributed by atoms with Crippen molar-refractivity contribution >= 4 is 40.9 Å². The number of anilines is 2. The first-order valence-corrected chi connectivity index (χ1v) is 10.1. The third-order valence-corrected chi connectivity index (χ3v) is 4.84. The molecular formula is C21H23FN2O4S. The molecule has 2 N–H and O–H groups in total. The maximum absolute atomic E-state index is 13.5. The molecule has 8 heteroatoms. The molecule has 0 fully saturated rings. The quantitative estimate of drug-likeness (QED) is 0.640. The second kappa shape index (κ2) is 10.6. The molecule has 0 aliphatic rings. The molecule has 6 nitrogen and oxygen atoms in total. The van der Waals surface area contributed by atoms with Gasteiger partial charge in [-0.2, -0.15) is 0 Å². The normalized spacial score (nSPS) is 10.3. The summed E-state index contributed by atoms with van der Waals surface area (Å²) in [5.41, 5.74) is 3.55. The maximum atomic E-state index is 13.5. The highest BCUT2D eigenvalue weighted by Gasteiger charge is 2.11. The van der Waals surface area contributed by atoms with Crippen LogP contribution in [0.2, 0.25) is 0 Å². The fraction of sp³-hybridized carbons (Fsp3) is 0.286. The topological polar surface area (TPSA) is 84.5 Å². The van der Waals surface area contributed by atoms with Crippen molar-refractivity contribution in [2.24, 2.45) is 0 Å². The number of hydrogen-bond donors (Lipinski definition) is 2. The Morgan fingerprint density at radius 2 is 1.69 bits per heavy atom. The SMILES string of the molecule is Cc1ccc(NC(=O)CSCC(=O)OCC(=O)Nc2ccc(C)c(F)c2)c(C)c1. The Hall–Kier alpha value is -2.87. The first-order chi connectivity index (χ1) is 13.7. The number of nitrogens with one attached hydrogen (secondary N) is 2. The number of thioether (sulfide) groups is 1. The zero-order valence-electron chi connectivity index (χ0n) is 16.5. The smallest absolute Gasteiger partial charge is 0.316 e. The van der Waals surface area contributed by atoms with E-state index in [2.05, 4.69) is 10.6 Å². The van der Waals surface area contributed by atoms with Crippen LogP contribution < -0.4 is 10.6 Å². The van der Waals surface area contributed by atoms with Crippen molar-refractivity contribution in [3.63, 3.8) is 0 Å². The molecule has 0 aliphatic heterocycles. The van der Waals surface area contributed by atoms with Gasteiger partial charge in [-0.25, -0.2) is 4.39 Å². The number of halogens is 1. The zero-order chi connectivity index (χ0) is 21.4. The Bertz CT molecular complexity index is 918. The number of aryl methyl sites for hydroxylation is 3. The number of hydrogen-bond acceptors (Lipinski definition) is 5. The molecule has 2 rings (SSSR count). The van der Waals surface area contributed by atoms with Crippen LogP contribution in [0.25, 0.3) is 0 Å². The highest BCUT2D eigenvalue weighted by molar-refractivity contribution is 8.00. The standard InChI is InChI=1S/C21H23FN2O4S/c1-13-4-7-18(15(3)8-13)24-20(26)11-29-12-21(27)28-10-19(25)23-16-6-5-14(2)17(22)9-16/h4-9H,10-12H2,1-3H3,(H,23,25)(H,24,26). The summed E-state index contributed by atoms with van der Waals surface area (Å²) in [6.07, 6.45) is 0. The molecule has 29 heavy (non-hydrogen) atoms. The number of carbonyl (C=O) groups is 3. The first kappa shape index (κ1) is 22.4. The van der Waals surface area contributed by atoms with Crippen molar-refractivity contribution in [3.8, 4) is 0 Å². The molecule has 2 aromatic rings. The van der Waals surface area contributed by atoms with E-state index in [4.69, 9.17) is 4.74 Å². The molecular weight excluding hydrogens is 395 g/mol. The Balaban J connectivity index is 1.66. The summed E-state index contributed by atoms with van der Waals surface area (Å²) in [5, 5.41) is 5.24. The van der Waals surface area contributed by atoms with Gasteiger partial charge in [-0.1, -0.05) is 23.8 Å². The third-order valence-electron chi connectivity index (χ3n) is 3.93. The molecule has 0 saturated heterocycles. The summed E-state index contributed by atoms with van der Waals surface area (Å²) < 4.78 is 18.3. The van der Waals surface area contributed by atoms with Crippen LogP contribution in [0.1, 0.15) is 16.7 Å². The summed E-state index contributed by atoms with van der Waals surface area (Å²) >= 11 is 1.09. The van der Waals surface area contributed by atoms with E-state index in [1.807, 2.05) is 32.0 Å². The number of esters is 1. The lowest BCUT2D eigenvalue weighted by Gasteiger charge is -2.09. The van der Waals surface area contributed by atoms with Crippen LogP contribution in [0, 0.1) is 26.6 Å². The van der Waals surface area contributed by atoms with Crippen molar-refractivity contribution in [2.45, 2.75) is 20.8 Å². The molecule has 0 radical (unpaired) electrons. The number of benzene rings is 2. The Morgan fingerprint density at radius 1 is 0.931 bits per heavy atom. The molecule has 0 aliphatic carbocycles. The van der Waals surface area contributed by atoms with E-state index in [0.29, 0.717) is 5.56 Å². The molecule has 154 valence electrons. The van der Waals surface area contributed by atoms with Gasteiger partial charge in [0.25, 0.3) is 5.91 Å². The van der Waals surface area contributed by atoms with Crippen LogP contribution in [0.5, 0.6) is 0 Å². The zero-order valence-corrected chi connectivity index (χ0v) is 17.3. The molecule has 2 amide bonds. The first-order valence-electron chi connectivity index (χ1n) is 8.91. The number of carbonyl (C=O) groups excluding carboxylic acids is 3. The van der Waals surface area contributed by atoms with E-state index in [-0.39, 0.29) is 23.1 Å². The maximum Gasteiger partial charge on any atom is 0.316 e. The molecule has 2 aromatic carbocycles.